The van der Waals surface area contributed by atoms with E-state index in [1.807, 2.05) is 24.3 Å². The number of nitrogens with one attached hydrogen (secondary N) is 1. The molecule has 2 rings (SSSR count). The number of aryl methyl sites for hydroxylation is 2. The van der Waals surface area contributed by atoms with Crippen molar-refractivity contribution in [1.29, 1.82) is 0 Å². The largest absolute Gasteiger partial charge is 0.497 e. The number of amides is 1. The van der Waals surface area contributed by atoms with Crippen LogP contribution in [-0.2, 0) is 17.6 Å². The van der Waals surface area contributed by atoms with Crippen LogP contribution in [0.4, 0.5) is 0 Å². The molecule has 0 spiro atoms. The summed E-state index contributed by atoms with van der Waals surface area (Å²) in [5, 5.41) is 6.56. The van der Waals surface area contributed by atoms with E-state index in [0.29, 0.717) is 13.0 Å². The Morgan fingerprint density at radius 1 is 1.24 bits per heavy atom. The molecule has 1 amide bonds. The Hall–Kier alpha value is -2.30. The van der Waals surface area contributed by atoms with Gasteiger partial charge in [-0.1, -0.05) is 17.3 Å². The summed E-state index contributed by atoms with van der Waals surface area (Å²) < 4.78 is 9.85. The number of carbonyl (C=O) groups excluding carboxylic acids is 1. The standard InChI is InChI=1S/C16H20N2O3/c1-20-15-7-4-13(5-8-15)6-9-16(19)17-10-2-3-14-11-18-21-12-14/h4-5,7-8,11-12H,2-3,6,9-10H2,1H3,(H,17,19). The summed E-state index contributed by atoms with van der Waals surface area (Å²) in [5.74, 6) is 0.910. The van der Waals surface area contributed by atoms with Gasteiger partial charge < -0.3 is 14.6 Å². The minimum absolute atomic E-state index is 0.0798. The number of benzene rings is 1. The lowest BCUT2D eigenvalue weighted by Gasteiger charge is -2.05. The molecule has 21 heavy (non-hydrogen) atoms. The number of hydrogen-bond acceptors (Lipinski definition) is 4. The molecule has 1 N–H and O–H groups in total. The fraction of sp³-hybridized carbons (Fsp3) is 0.375. The first-order chi connectivity index (χ1) is 10.3. The van der Waals surface area contributed by atoms with Crippen LogP contribution < -0.4 is 10.1 Å². The van der Waals surface area contributed by atoms with Crippen LogP contribution >= 0.6 is 0 Å². The molecule has 0 atom stereocenters. The summed E-state index contributed by atoms with van der Waals surface area (Å²) in [6, 6.07) is 7.79. The SMILES string of the molecule is COc1ccc(CCC(=O)NCCCc2cnoc2)cc1. The first kappa shape index (κ1) is 15.1. The second kappa shape index (κ2) is 8.09. The zero-order chi connectivity index (χ0) is 14.9. The molecule has 1 aromatic heterocycles. The zero-order valence-electron chi connectivity index (χ0n) is 12.2. The summed E-state index contributed by atoms with van der Waals surface area (Å²) in [6.07, 6.45) is 6.32. The number of carbonyl (C=O) groups is 1. The minimum Gasteiger partial charge on any atom is -0.497 e. The monoisotopic (exact) mass is 288 g/mol. The van der Waals surface area contributed by atoms with Crippen molar-refractivity contribution >= 4 is 5.91 Å². The van der Waals surface area contributed by atoms with Crippen LogP contribution in [0.5, 0.6) is 5.75 Å². The highest BCUT2D eigenvalue weighted by Crippen LogP contribution is 2.12. The topological polar surface area (TPSA) is 64.4 Å². The van der Waals surface area contributed by atoms with Crippen molar-refractivity contribution in [1.82, 2.24) is 10.5 Å². The summed E-state index contributed by atoms with van der Waals surface area (Å²) >= 11 is 0. The fourth-order valence-corrected chi connectivity index (χ4v) is 2.01. The molecule has 5 nitrogen and oxygen atoms in total. The van der Waals surface area contributed by atoms with Crippen molar-refractivity contribution in [3.63, 3.8) is 0 Å². The molecule has 0 radical (unpaired) electrons. The maximum Gasteiger partial charge on any atom is 0.220 e. The highest BCUT2D eigenvalue weighted by molar-refractivity contribution is 5.76. The molecule has 0 saturated carbocycles. The van der Waals surface area contributed by atoms with Gasteiger partial charge in [-0.15, -0.1) is 0 Å². The molecule has 0 bridgehead atoms. The molecular weight excluding hydrogens is 268 g/mol. The maximum absolute atomic E-state index is 11.7. The lowest BCUT2D eigenvalue weighted by Crippen LogP contribution is -2.24. The zero-order valence-corrected chi connectivity index (χ0v) is 12.2. The Balaban J connectivity index is 1.60. The van der Waals surface area contributed by atoms with E-state index < -0.39 is 0 Å². The molecule has 0 aliphatic carbocycles. The van der Waals surface area contributed by atoms with Crippen LogP contribution in [-0.4, -0.2) is 24.7 Å². The Kier molecular flexibility index (Phi) is 5.82. The first-order valence-electron chi connectivity index (χ1n) is 7.06. The molecule has 112 valence electrons. The van der Waals surface area contributed by atoms with Crippen molar-refractivity contribution < 1.29 is 14.1 Å². The number of rotatable bonds is 8. The highest BCUT2D eigenvalue weighted by atomic mass is 16.5. The molecule has 2 aromatic rings. The Morgan fingerprint density at radius 2 is 2.05 bits per heavy atom. The van der Waals surface area contributed by atoms with Crippen molar-refractivity contribution in [3.8, 4) is 5.75 Å². The van der Waals surface area contributed by atoms with Gasteiger partial charge in [-0.05, 0) is 37.0 Å². The predicted molar refractivity (Wildman–Crippen MR) is 79.1 cm³/mol. The van der Waals surface area contributed by atoms with Gasteiger partial charge in [-0.3, -0.25) is 4.79 Å². The van der Waals surface area contributed by atoms with Crippen LogP contribution in [0.2, 0.25) is 0 Å². The van der Waals surface area contributed by atoms with E-state index in [-0.39, 0.29) is 5.91 Å². The molecule has 0 aliphatic heterocycles. The third-order valence-electron chi connectivity index (χ3n) is 3.25. The molecule has 1 heterocycles. The fourth-order valence-electron chi connectivity index (χ4n) is 2.01. The van der Waals surface area contributed by atoms with Gasteiger partial charge in [0, 0.05) is 18.5 Å². The van der Waals surface area contributed by atoms with E-state index in [2.05, 4.69) is 10.5 Å². The van der Waals surface area contributed by atoms with E-state index in [9.17, 15) is 4.79 Å². The van der Waals surface area contributed by atoms with Crippen LogP contribution in [0.3, 0.4) is 0 Å². The maximum atomic E-state index is 11.7. The average Bonchev–Trinajstić information content (AvgIpc) is 3.03. The van der Waals surface area contributed by atoms with Gasteiger partial charge in [-0.2, -0.15) is 0 Å². The number of ether oxygens (including phenoxy) is 1. The van der Waals surface area contributed by atoms with Crippen LogP contribution in [0, 0.1) is 0 Å². The molecule has 5 heteroatoms. The predicted octanol–water partition coefficient (Wildman–Crippen LogP) is 2.36. The molecule has 1 aromatic carbocycles. The van der Waals surface area contributed by atoms with Crippen molar-refractivity contribution in [2.24, 2.45) is 0 Å². The van der Waals surface area contributed by atoms with Gasteiger partial charge in [0.15, 0.2) is 0 Å². The Bertz CT molecular complexity index is 535. The second-order valence-electron chi connectivity index (χ2n) is 4.83. The van der Waals surface area contributed by atoms with Gasteiger partial charge in [0.25, 0.3) is 0 Å². The summed E-state index contributed by atoms with van der Waals surface area (Å²) in [4.78, 5) is 11.7. The van der Waals surface area contributed by atoms with Gasteiger partial charge >= 0.3 is 0 Å². The lowest BCUT2D eigenvalue weighted by atomic mass is 10.1. The van der Waals surface area contributed by atoms with Gasteiger partial charge in [0.2, 0.25) is 5.91 Å². The van der Waals surface area contributed by atoms with Crippen LogP contribution in [0.15, 0.2) is 41.2 Å². The molecule has 0 fully saturated rings. The molecule has 0 aliphatic rings. The molecular formula is C16H20N2O3. The van der Waals surface area contributed by atoms with Gasteiger partial charge in [0.1, 0.15) is 12.0 Å². The number of aromatic nitrogens is 1. The average molecular weight is 288 g/mol. The van der Waals surface area contributed by atoms with E-state index in [1.165, 1.54) is 0 Å². The van der Waals surface area contributed by atoms with Crippen LogP contribution in [0.25, 0.3) is 0 Å². The van der Waals surface area contributed by atoms with Gasteiger partial charge in [-0.25, -0.2) is 0 Å². The van der Waals surface area contributed by atoms with Crippen molar-refractivity contribution in [3.05, 3.63) is 47.9 Å². The minimum atomic E-state index is 0.0798. The van der Waals surface area contributed by atoms with Crippen molar-refractivity contribution in [2.45, 2.75) is 25.7 Å². The normalized spacial score (nSPS) is 10.3. The lowest BCUT2D eigenvalue weighted by molar-refractivity contribution is -0.121. The molecule has 0 saturated heterocycles. The number of hydrogen-bond donors (Lipinski definition) is 1. The van der Waals surface area contributed by atoms with E-state index in [4.69, 9.17) is 9.26 Å². The smallest absolute Gasteiger partial charge is 0.220 e. The Labute approximate surface area is 124 Å². The third kappa shape index (κ3) is 5.30. The quantitative estimate of drug-likeness (QED) is 0.757. The van der Waals surface area contributed by atoms with Crippen molar-refractivity contribution in [2.75, 3.05) is 13.7 Å². The van der Waals surface area contributed by atoms with E-state index in [1.54, 1.807) is 19.6 Å². The highest BCUT2D eigenvalue weighted by Gasteiger charge is 2.03. The second-order valence-corrected chi connectivity index (χ2v) is 4.83. The Morgan fingerprint density at radius 3 is 2.71 bits per heavy atom. The van der Waals surface area contributed by atoms with E-state index in [0.717, 1.165) is 36.1 Å². The third-order valence-corrected chi connectivity index (χ3v) is 3.25. The molecule has 0 unspecified atom stereocenters. The number of methoxy groups -OCH3 is 1. The summed E-state index contributed by atoms with van der Waals surface area (Å²) in [7, 11) is 1.64. The van der Waals surface area contributed by atoms with E-state index >= 15 is 0 Å². The summed E-state index contributed by atoms with van der Waals surface area (Å²) in [5.41, 5.74) is 2.19. The van der Waals surface area contributed by atoms with Crippen LogP contribution in [0.1, 0.15) is 24.0 Å². The number of nitrogens with zero attached hydrogens (tertiary/aromatic N) is 1. The summed E-state index contributed by atoms with van der Waals surface area (Å²) in [6.45, 7) is 0.673. The van der Waals surface area contributed by atoms with Gasteiger partial charge in [0.05, 0.1) is 13.3 Å². The first-order valence-corrected chi connectivity index (χ1v) is 7.06.